The predicted octanol–water partition coefficient (Wildman–Crippen LogP) is 3.23. The van der Waals surface area contributed by atoms with Gasteiger partial charge >= 0.3 is 6.18 Å². The molecule has 98 valence electrons. The average molecular weight is 301 g/mol. The lowest BCUT2D eigenvalue weighted by atomic mass is 10.3. The number of anilines is 1. The number of hydrazone groups is 1. The number of ketones is 1. The number of nitrogens with one attached hydrogen (secondary N) is 1. The Balaban J connectivity index is 2.79. The number of carbonyl (C=O) groups excluding carboxylic acids is 1. The highest BCUT2D eigenvalue weighted by Gasteiger charge is 2.36. The molecule has 0 unspecified atom stereocenters. The van der Waals surface area contributed by atoms with Gasteiger partial charge in [0.2, 0.25) is 0 Å². The van der Waals surface area contributed by atoms with Crippen LogP contribution < -0.4 is 5.43 Å². The number of halogens is 5. The van der Waals surface area contributed by atoms with Crippen molar-refractivity contribution in [2.75, 3.05) is 5.43 Å². The van der Waals surface area contributed by atoms with Gasteiger partial charge in [0.15, 0.2) is 0 Å². The summed E-state index contributed by atoms with van der Waals surface area (Å²) in [7, 11) is 0. The monoisotopic (exact) mass is 300 g/mol. The van der Waals surface area contributed by atoms with E-state index in [1.807, 2.05) is 0 Å². The van der Waals surface area contributed by atoms with Gasteiger partial charge in [0.05, 0.1) is 21.9 Å². The maximum atomic E-state index is 11.8. The summed E-state index contributed by atoms with van der Waals surface area (Å²) >= 11 is 11.2. The van der Waals surface area contributed by atoms with E-state index in [0.29, 0.717) is 0 Å². The molecule has 1 rings (SSSR count). The highest BCUT2D eigenvalue weighted by molar-refractivity contribution is 6.37. The Kier molecular flexibility index (Phi) is 4.42. The van der Waals surface area contributed by atoms with Crippen molar-refractivity contribution in [3.8, 4) is 5.75 Å². The van der Waals surface area contributed by atoms with Gasteiger partial charge in [0, 0.05) is 6.07 Å². The van der Waals surface area contributed by atoms with Crippen molar-refractivity contribution in [2.45, 2.75) is 6.18 Å². The molecule has 0 aromatic heterocycles. The zero-order chi connectivity index (χ0) is 13.9. The van der Waals surface area contributed by atoms with E-state index in [1.54, 1.807) is 0 Å². The van der Waals surface area contributed by atoms with Crippen LogP contribution >= 0.6 is 23.2 Å². The van der Waals surface area contributed by atoms with Crippen LogP contribution in [0, 0.1) is 0 Å². The number of carbonyl (C=O) groups is 1. The summed E-state index contributed by atoms with van der Waals surface area (Å²) in [6, 6.07) is 2.22. The first-order chi connectivity index (χ1) is 8.21. The molecule has 1 aromatic carbocycles. The fourth-order valence-corrected chi connectivity index (χ4v) is 1.28. The van der Waals surface area contributed by atoms with Crippen LogP contribution in [0.1, 0.15) is 0 Å². The number of Topliss-reactive ketones (excluding diaryl/α,β-unsaturated/α-hetero) is 1. The number of aromatic hydroxyl groups is 1. The van der Waals surface area contributed by atoms with Gasteiger partial charge in [-0.3, -0.25) is 10.2 Å². The Morgan fingerprint density at radius 1 is 1.33 bits per heavy atom. The molecule has 0 aliphatic rings. The molecule has 0 saturated heterocycles. The number of phenolic OH excluding ortho intramolecular Hbond substituents is 1. The number of rotatable bonds is 3. The minimum absolute atomic E-state index is 0.00444. The summed E-state index contributed by atoms with van der Waals surface area (Å²) in [6.07, 6.45) is -4.93. The van der Waals surface area contributed by atoms with E-state index in [2.05, 4.69) is 10.5 Å². The second kappa shape index (κ2) is 5.45. The molecule has 1 aromatic rings. The summed E-state index contributed by atoms with van der Waals surface area (Å²) in [5.74, 6) is -2.45. The van der Waals surface area contributed by atoms with Crippen LogP contribution in [-0.2, 0) is 4.79 Å². The standard InChI is InChI=1S/C9H5Cl2F3N2O2/c10-4-1-5(11)7(17)2-6(4)16-15-3-8(18)9(12,13)14/h1-3,16-17H. The predicted molar refractivity (Wildman–Crippen MR) is 61.3 cm³/mol. The first kappa shape index (κ1) is 14.6. The second-order valence-electron chi connectivity index (χ2n) is 3.02. The van der Waals surface area contributed by atoms with Gasteiger partial charge in [-0.1, -0.05) is 23.2 Å². The lowest BCUT2D eigenvalue weighted by Gasteiger charge is -2.05. The van der Waals surface area contributed by atoms with E-state index >= 15 is 0 Å². The van der Waals surface area contributed by atoms with Crippen molar-refractivity contribution in [2.24, 2.45) is 5.10 Å². The number of nitrogens with zero attached hydrogens (tertiary/aromatic N) is 1. The Labute approximate surface area is 109 Å². The highest BCUT2D eigenvalue weighted by Crippen LogP contribution is 2.33. The minimum atomic E-state index is -4.99. The highest BCUT2D eigenvalue weighted by atomic mass is 35.5. The van der Waals surface area contributed by atoms with E-state index < -0.39 is 12.0 Å². The zero-order valence-electron chi connectivity index (χ0n) is 8.42. The smallest absolute Gasteiger partial charge is 0.455 e. The number of hydrogen-bond donors (Lipinski definition) is 2. The van der Waals surface area contributed by atoms with Gasteiger partial charge in [0.1, 0.15) is 5.75 Å². The Morgan fingerprint density at radius 3 is 2.50 bits per heavy atom. The lowest BCUT2D eigenvalue weighted by molar-refractivity contribution is -0.162. The number of hydrogen-bond acceptors (Lipinski definition) is 4. The number of phenols is 1. The molecule has 0 radical (unpaired) electrons. The molecule has 0 aliphatic carbocycles. The fourth-order valence-electron chi connectivity index (χ4n) is 0.857. The molecule has 4 nitrogen and oxygen atoms in total. The topological polar surface area (TPSA) is 61.7 Å². The minimum Gasteiger partial charge on any atom is -0.506 e. The lowest BCUT2D eigenvalue weighted by Crippen LogP contribution is -2.23. The van der Waals surface area contributed by atoms with Crippen LogP contribution in [0.5, 0.6) is 5.75 Å². The Bertz CT molecular complexity index is 503. The molecule has 18 heavy (non-hydrogen) atoms. The Hall–Kier alpha value is -1.47. The fraction of sp³-hybridized carbons (Fsp3) is 0.111. The molecule has 0 amide bonds. The molecule has 0 spiro atoms. The second-order valence-corrected chi connectivity index (χ2v) is 3.83. The molecule has 2 N–H and O–H groups in total. The third kappa shape index (κ3) is 3.78. The van der Waals surface area contributed by atoms with E-state index in [-0.39, 0.29) is 27.7 Å². The van der Waals surface area contributed by atoms with Crippen molar-refractivity contribution >= 4 is 40.9 Å². The summed E-state index contributed by atoms with van der Waals surface area (Å²) < 4.78 is 35.5. The van der Waals surface area contributed by atoms with Crippen molar-refractivity contribution in [1.29, 1.82) is 0 Å². The van der Waals surface area contributed by atoms with E-state index in [0.717, 1.165) is 6.07 Å². The van der Waals surface area contributed by atoms with Gasteiger partial charge in [0.25, 0.3) is 5.78 Å². The average Bonchev–Trinajstić information content (AvgIpc) is 2.23. The van der Waals surface area contributed by atoms with Crippen molar-refractivity contribution in [3.63, 3.8) is 0 Å². The van der Waals surface area contributed by atoms with Gasteiger partial charge in [-0.05, 0) is 6.07 Å². The van der Waals surface area contributed by atoms with Gasteiger partial charge < -0.3 is 5.11 Å². The molecule has 0 heterocycles. The molecule has 0 bridgehead atoms. The zero-order valence-corrected chi connectivity index (χ0v) is 9.94. The van der Waals surface area contributed by atoms with Crippen molar-refractivity contribution in [1.82, 2.24) is 0 Å². The van der Waals surface area contributed by atoms with Gasteiger partial charge in [-0.15, -0.1) is 0 Å². The summed E-state index contributed by atoms with van der Waals surface area (Å²) in [4.78, 5) is 10.4. The molecule has 0 fully saturated rings. The first-order valence-corrected chi connectivity index (χ1v) is 5.05. The number of alkyl halides is 3. The maximum absolute atomic E-state index is 11.8. The van der Waals surface area contributed by atoms with E-state index in [1.165, 1.54) is 6.07 Å². The largest absolute Gasteiger partial charge is 0.506 e. The van der Waals surface area contributed by atoms with Crippen LogP contribution in [0.4, 0.5) is 18.9 Å². The maximum Gasteiger partial charge on any atom is 0.455 e. The van der Waals surface area contributed by atoms with Crippen LogP contribution in [-0.4, -0.2) is 23.3 Å². The molecule has 0 saturated carbocycles. The van der Waals surface area contributed by atoms with Crippen LogP contribution in [0.2, 0.25) is 10.0 Å². The third-order valence-electron chi connectivity index (χ3n) is 1.68. The first-order valence-electron chi connectivity index (χ1n) is 4.30. The van der Waals surface area contributed by atoms with E-state index in [9.17, 15) is 23.1 Å². The van der Waals surface area contributed by atoms with Crippen molar-refractivity contribution < 1.29 is 23.1 Å². The molecule has 9 heteroatoms. The molecule has 0 atom stereocenters. The summed E-state index contributed by atoms with van der Waals surface area (Å²) in [5, 5.41) is 12.3. The van der Waals surface area contributed by atoms with Crippen LogP contribution in [0.25, 0.3) is 0 Å². The van der Waals surface area contributed by atoms with Crippen molar-refractivity contribution in [3.05, 3.63) is 22.2 Å². The molecular weight excluding hydrogens is 296 g/mol. The normalized spacial score (nSPS) is 11.8. The van der Waals surface area contributed by atoms with Gasteiger partial charge in [-0.25, -0.2) is 0 Å². The number of benzene rings is 1. The molecule has 0 aliphatic heterocycles. The van der Waals surface area contributed by atoms with E-state index in [4.69, 9.17) is 23.2 Å². The Morgan fingerprint density at radius 2 is 1.94 bits per heavy atom. The molecular formula is C9H5Cl2F3N2O2. The third-order valence-corrected chi connectivity index (χ3v) is 2.30. The van der Waals surface area contributed by atoms with Crippen LogP contribution in [0.15, 0.2) is 17.2 Å². The van der Waals surface area contributed by atoms with Crippen LogP contribution in [0.3, 0.4) is 0 Å². The summed E-state index contributed by atoms with van der Waals surface area (Å²) in [5.41, 5.74) is 2.09. The summed E-state index contributed by atoms with van der Waals surface area (Å²) in [6.45, 7) is 0. The quantitative estimate of drug-likeness (QED) is 0.665. The van der Waals surface area contributed by atoms with Gasteiger partial charge in [-0.2, -0.15) is 18.3 Å². The SMILES string of the molecule is O=C(C=NNc1cc(O)c(Cl)cc1Cl)C(F)(F)F.